The van der Waals surface area contributed by atoms with Gasteiger partial charge in [-0.25, -0.2) is 0 Å². The summed E-state index contributed by atoms with van der Waals surface area (Å²) in [6.07, 6.45) is 3.60. The summed E-state index contributed by atoms with van der Waals surface area (Å²) in [5.74, 6) is 0.273. The summed E-state index contributed by atoms with van der Waals surface area (Å²) in [7, 11) is 2.92. The lowest BCUT2D eigenvalue weighted by Crippen LogP contribution is -2.34. The third kappa shape index (κ3) is 1.92. The Hall–Kier alpha value is -1.71. The van der Waals surface area contributed by atoms with Crippen molar-refractivity contribution in [2.45, 2.75) is 31.1 Å². The van der Waals surface area contributed by atoms with Gasteiger partial charge in [-0.3, -0.25) is 4.79 Å². The maximum absolute atomic E-state index is 12.1. The van der Waals surface area contributed by atoms with Gasteiger partial charge in [-0.15, -0.1) is 0 Å². The largest absolute Gasteiger partial charge is 0.504 e. The number of carbonyl (C=O) groups excluding carboxylic acids is 1. The van der Waals surface area contributed by atoms with Gasteiger partial charge in [-0.2, -0.15) is 0 Å². The molecular weight excluding hydrogens is 232 g/mol. The van der Waals surface area contributed by atoms with Gasteiger partial charge in [-0.05, 0) is 30.5 Å². The van der Waals surface area contributed by atoms with Crippen LogP contribution in [-0.4, -0.2) is 25.3 Å². The summed E-state index contributed by atoms with van der Waals surface area (Å²) in [5.41, 5.74) is 0.289. The van der Waals surface area contributed by atoms with Crippen LogP contribution >= 0.6 is 0 Å². The highest BCUT2D eigenvalue weighted by molar-refractivity contribution is 5.83. The first-order chi connectivity index (χ1) is 8.64. The molecule has 1 saturated carbocycles. The second-order valence-corrected chi connectivity index (χ2v) is 4.67. The summed E-state index contributed by atoms with van der Waals surface area (Å²) >= 11 is 0. The third-order valence-electron chi connectivity index (χ3n) is 3.77. The Labute approximate surface area is 107 Å². The number of carbonyl (C=O) groups is 1. The van der Waals surface area contributed by atoms with E-state index in [1.54, 1.807) is 18.2 Å². The van der Waals surface area contributed by atoms with Crippen LogP contribution in [0.5, 0.6) is 11.5 Å². The molecule has 1 N–H and O–H groups in total. The lowest BCUT2D eigenvalue weighted by molar-refractivity contribution is -0.147. The Bertz CT molecular complexity index is 447. The summed E-state index contributed by atoms with van der Waals surface area (Å²) in [6.45, 7) is 0. The molecule has 0 bridgehead atoms. The van der Waals surface area contributed by atoms with E-state index in [4.69, 9.17) is 9.47 Å². The summed E-state index contributed by atoms with van der Waals surface area (Å²) < 4.78 is 10.1. The molecule has 0 amide bonds. The van der Waals surface area contributed by atoms with Crippen LogP contribution in [0.1, 0.15) is 31.2 Å². The minimum atomic E-state index is -0.574. The van der Waals surface area contributed by atoms with Crippen molar-refractivity contribution in [1.82, 2.24) is 0 Å². The zero-order valence-electron chi connectivity index (χ0n) is 10.7. The number of ether oxygens (including phenoxy) is 2. The van der Waals surface area contributed by atoms with Crippen molar-refractivity contribution in [3.63, 3.8) is 0 Å². The maximum Gasteiger partial charge on any atom is 0.316 e. The van der Waals surface area contributed by atoms with Crippen LogP contribution in [0, 0.1) is 0 Å². The molecule has 1 aliphatic carbocycles. The molecule has 1 aromatic carbocycles. The van der Waals surface area contributed by atoms with Crippen molar-refractivity contribution in [3.8, 4) is 11.5 Å². The normalized spacial score (nSPS) is 17.4. The Morgan fingerprint density at radius 3 is 2.50 bits per heavy atom. The number of esters is 1. The topological polar surface area (TPSA) is 55.8 Å². The van der Waals surface area contributed by atoms with E-state index < -0.39 is 5.41 Å². The molecular formula is C14H18O4. The highest BCUT2D eigenvalue weighted by Gasteiger charge is 2.44. The van der Waals surface area contributed by atoms with Crippen LogP contribution in [0.15, 0.2) is 18.2 Å². The average molecular weight is 250 g/mol. The zero-order chi connectivity index (χ0) is 13.2. The molecule has 0 spiro atoms. The van der Waals surface area contributed by atoms with Crippen LogP contribution < -0.4 is 4.74 Å². The molecule has 0 atom stereocenters. The molecule has 0 radical (unpaired) electrons. The van der Waals surface area contributed by atoms with Crippen molar-refractivity contribution >= 4 is 5.97 Å². The molecule has 18 heavy (non-hydrogen) atoms. The lowest BCUT2D eigenvalue weighted by Gasteiger charge is -2.26. The lowest BCUT2D eigenvalue weighted by atomic mass is 9.79. The number of hydrogen-bond acceptors (Lipinski definition) is 4. The first kappa shape index (κ1) is 12.7. The first-order valence-electron chi connectivity index (χ1n) is 6.10. The van der Waals surface area contributed by atoms with Gasteiger partial charge in [-0.1, -0.05) is 18.9 Å². The van der Waals surface area contributed by atoms with Crippen LogP contribution in [-0.2, 0) is 14.9 Å². The molecule has 0 heterocycles. The second kappa shape index (κ2) is 4.88. The standard InChI is InChI=1S/C14H18O4/c1-17-12-9-10(5-6-11(12)15)14(13(16)18-2)7-3-4-8-14/h5-6,9,15H,3-4,7-8H2,1-2H3. The van der Waals surface area contributed by atoms with Crippen LogP contribution in [0.3, 0.4) is 0 Å². The van der Waals surface area contributed by atoms with Crippen LogP contribution in [0.2, 0.25) is 0 Å². The summed E-state index contributed by atoms with van der Waals surface area (Å²) in [5, 5.41) is 9.62. The molecule has 1 fully saturated rings. The minimum Gasteiger partial charge on any atom is -0.504 e. The quantitative estimate of drug-likeness (QED) is 0.837. The van der Waals surface area contributed by atoms with Crippen molar-refractivity contribution in [2.24, 2.45) is 0 Å². The molecule has 0 aromatic heterocycles. The summed E-state index contributed by atoms with van der Waals surface area (Å²) in [6, 6.07) is 5.08. The number of aromatic hydroxyl groups is 1. The van der Waals surface area contributed by atoms with Gasteiger partial charge in [0.05, 0.1) is 19.6 Å². The highest BCUT2D eigenvalue weighted by Crippen LogP contribution is 2.44. The molecule has 98 valence electrons. The maximum atomic E-state index is 12.1. The van der Waals surface area contributed by atoms with Crippen molar-refractivity contribution in [3.05, 3.63) is 23.8 Å². The molecule has 1 aliphatic rings. The highest BCUT2D eigenvalue weighted by atomic mass is 16.5. The number of phenolic OH excluding ortho intramolecular Hbond substituents is 1. The van der Waals surface area contributed by atoms with Crippen LogP contribution in [0.4, 0.5) is 0 Å². The Kier molecular flexibility index (Phi) is 3.45. The van der Waals surface area contributed by atoms with E-state index in [-0.39, 0.29) is 11.7 Å². The van der Waals surface area contributed by atoms with E-state index in [1.165, 1.54) is 14.2 Å². The van der Waals surface area contributed by atoms with E-state index in [0.717, 1.165) is 31.2 Å². The number of methoxy groups -OCH3 is 2. The van der Waals surface area contributed by atoms with E-state index >= 15 is 0 Å². The number of rotatable bonds is 3. The molecule has 1 aromatic rings. The number of hydrogen-bond donors (Lipinski definition) is 1. The van der Waals surface area contributed by atoms with Gasteiger partial charge >= 0.3 is 5.97 Å². The van der Waals surface area contributed by atoms with Crippen LogP contribution in [0.25, 0.3) is 0 Å². The van der Waals surface area contributed by atoms with E-state index in [9.17, 15) is 9.90 Å². The predicted octanol–water partition coefficient (Wildman–Crippen LogP) is 2.39. The van der Waals surface area contributed by atoms with E-state index in [0.29, 0.717) is 5.75 Å². The van der Waals surface area contributed by atoms with Gasteiger partial charge in [0.2, 0.25) is 0 Å². The molecule has 0 saturated heterocycles. The van der Waals surface area contributed by atoms with Gasteiger partial charge in [0.25, 0.3) is 0 Å². The molecule has 0 aliphatic heterocycles. The number of phenols is 1. The smallest absolute Gasteiger partial charge is 0.316 e. The van der Waals surface area contributed by atoms with E-state index in [1.807, 2.05) is 0 Å². The molecule has 0 unspecified atom stereocenters. The monoisotopic (exact) mass is 250 g/mol. The Balaban J connectivity index is 2.46. The Morgan fingerprint density at radius 1 is 1.28 bits per heavy atom. The Morgan fingerprint density at radius 2 is 1.94 bits per heavy atom. The molecule has 4 heteroatoms. The van der Waals surface area contributed by atoms with Gasteiger partial charge < -0.3 is 14.6 Å². The first-order valence-corrected chi connectivity index (χ1v) is 6.10. The van der Waals surface area contributed by atoms with Crippen molar-refractivity contribution in [1.29, 1.82) is 0 Å². The second-order valence-electron chi connectivity index (χ2n) is 4.67. The van der Waals surface area contributed by atoms with Crippen molar-refractivity contribution < 1.29 is 19.4 Å². The van der Waals surface area contributed by atoms with E-state index in [2.05, 4.69) is 0 Å². The fraction of sp³-hybridized carbons (Fsp3) is 0.500. The number of benzene rings is 1. The summed E-state index contributed by atoms with van der Waals surface area (Å²) in [4.78, 5) is 12.1. The fourth-order valence-electron chi connectivity index (χ4n) is 2.76. The minimum absolute atomic E-state index is 0.0827. The predicted molar refractivity (Wildman–Crippen MR) is 66.8 cm³/mol. The third-order valence-corrected chi connectivity index (χ3v) is 3.77. The van der Waals surface area contributed by atoms with Gasteiger partial charge in [0.15, 0.2) is 11.5 Å². The molecule has 2 rings (SSSR count). The SMILES string of the molecule is COC(=O)C1(c2ccc(O)c(OC)c2)CCCC1. The zero-order valence-corrected chi connectivity index (χ0v) is 10.7. The van der Waals surface area contributed by atoms with Gasteiger partial charge in [0.1, 0.15) is 0 Å². The molecule has 4 nitrogen and oxygen atoms in total. The van der Waals surface area contributed by atoms with Gasteiger partial charge in [0, 0.05) is 0 Å². The van der Waals surface area contributed by atoms with Crippen molar-refractivity contribution in [2.75, 3.05) is 14.2 Å². The average Bonchev–Trinajstić information content (AvgIpc) is 2.89. The fourth-order valence-corrected chi connectivity index (χ4v) is 2.76.